The molecule has 120 valence electrons. The number of rotatable bonds is 3. The Hall–Kier alpha value is -2.14. The molecule has 0 saturated heterocycles. The normalized spacial score (nSPS) is 16.7. The lowest BCUT2D eigenvalue weighted by Gasteiger charge is -2.36. The lowest BCUT2D eigenvalue weighted by Crippen LogP contribution is -2.42. The number of aromatic amines is 1. The number of hydrogen-bond acceptors (Lipinski definition) is 3. The molecule has 2 N–H and O–H groups in total. The van der Waals surface area contributed by atoms with Crippen molar-refractivity contribution < 1.29 is 4.79 Å². The molecule has 3 rings (SSSR count). The van der Waals surface area contributed by atoms with Gasteiger partial charge in [0.1, 0.15) is 5.82 Å². The van der Waals surface area contributed by atoms with Crippen molar-refractivity contribution in [3.63, 3.8) is 0 Å². The van der Waals surface area contributed by atoms with Crippen molar-refractivity contribution in [3.05, 3.63) is 57.6 Å². The second-order valence-electron chi connectivity index (χ2n) is 5.92. The Bertz CT molecular complexity index is 766. The van der Waals surface area contributed by atoms with Crippen molar-refractivity contribution in [2.24, 2.45) is 0 Å². The molecular formula is C17H18ClN3O2. The van der Waals surface area contributed by atoms with E-state index in [4.69, 9.17) is 11.6 Å². The van der Waals surface area contributed by atoms with Crippen LogP contribution in [0.3, 0.4) is 0 Å². The summed E-state index contributed by atoms with van der Waals surface area (Å²) >= 11 is 6.12. The highest BCUT2D eigenvalue weighted by Gasteiger charge is 2.41. The van der Waals surface area contributed by atoms with Crippen LogP contribution in [0.5, 0.6) is 0 Å². The van der Waals surface area contributed by atoms with Gasteiger partial charge in [-0.15, -0.1) is 0 Å². The molecular weight excluding hydrogens is 314 g/mol. The summed E-state index contributed by atoms with van der Waals surface area (Å²) in [5.74, 6) is 0.192. The van der Waals surface area contributed by atoms with Crippen LogP contribution in [0.4, 0.5) is 5.82 Å². The minimum Gasteiger partial charge on any atom is -0.310 e. The SMILES string of the molecule is O=C(Nc1cncc(=O)[nH]1)C1(c2cccc(Cl)c2)CCCCC1. The fourth-order valence-electron chi connectivity index (χ4n) is 3.27. The predicted molar refractivity (Wildman–Crippen MR) is 89.7 cm³/mol. The number of nitrogens with one attached hydrogen (secondary N) is 2. The Labute approximate surface area is 139 Å². The number of amides is 1. The quantitative estimate of drug-likeness (QED) is 0.906. The summed E-state index contributed by atoms with van der Waals surface area (Å²) in [5.41, 5.74) is -0.0349. The van der Waals surface area contributed by atoms with Gasteiger partial charge < -0.3 is 10.3 Å². The van der Waals surface area contributed by atoms with Crippen molar-refractivity contribution >= 4 is 23.3 Å². The van der Waals surface area contributed by atoms with E-state index < -0.39 is 5.41 Å². The molecule has 5 nitrogen and oxygen atoms in total. The van der Waals surface area contributed by atoms with Crippen molar-refractivity contribution in [3.8, 4) is 0 Å². The van der Waals surface area contributed by atoms with E-state index in [2.05, 4.69) is 15.3 Å². The van der Waals surface area contributed by atoms with E-state index in [-0.39, 0.29) is 11.5 Å². The number of H-pyrrole nitrogens is 1. The van der Waals surface area contributed by atoms with E-state index in [9.17, 15) is 9.59 Å². The molecule has 1 aromatic carbocycles. The van der Waals surface area contributed by atoms with Gasteiger partial charge in [0.25, 0.3) is 5.56 Å². The molecule has 1 amide bonds. The van der Waals surface area contributed by atoms with Gasteiger partial charge in [0.2, 0.25) is 5.91 Å². The van der Waals surface area contributed by atoms with Gasteiger partial charge in [-0.25, -0.2) is 0 Å². The number of halogens is 1. The van der Waals surface area contributed by atoms with Crippen molar-refractivity contribution in [2.45, 2.75) is 37.5 Å². The van der Waals surface area contributed by atoms with Gasteiger partial charge in [-0.1, -0.05) is 43.0 Å². The third kappa shape index (κ3) is 3.29. The molecule has 2 aromatic rings. The van der Waals surface area contributed by atoms with Crippen LogP contribution in [0.25, 0.3) is 0 Å². The zero-order valence-electron chi connectivity index (χ0n) is 12.6. The summed E-state index contributed by atoms with van der Waals surface area (Å²) in [6.07, 6.45) is 7.25. The monoisotopic (exact) mass is 331 g/mol. The molecule has 1 heterocycles. The van der Waals surface area contributed by atoms with Crippen LogP contribution in [0.2, 0.25) is 5.02 Å². The fourth-order valence-corrected chi connectivity index (χ4v) is 3.46. The summed E-state index contributed by atoms with van der Waals surface area (Å²) in [7, 11) is 0. The molecule has 1 aliphatic rings. The number of carbonyl (C=O) groups is 1. The van der Waals surface area contributed by atoms with Crippen molar-refractivity contribution in [1.29, 1.82) is 0 Å². The molecule has 1 fully saturated rings. The van der Waals surface area contributed by atoms with E-state index in [1.165, 1.54) is 12.4 Å². The molecule has 0 spiro atoms. The summed E-state index contributed by atoms with van der Waals surface area (Å²) in [6.45, 7) is 0. The van der Waals surface area contributed by atoms with Gasteiger partial charge in [0.15, 0.2) is 0 Å². The maximum atomic E-state index is 13.0. The average molecular weight is 332 g/mol. The number of aromatic nitrogens is 2. The molecule has 1 saturated carbocycles. The first-order chi connectivity index (χ1) is 11.1. The molecule has 0 aliphatic heterocycles. The third-order valence-electron chi connectivity index (χ3n) is 4.42. The fraction of sp³-hybridized carbons (Fsp3) is 0.353. The van der Waals surface area contributed by atoms with Crippen LogP contribution >= 0.6 is 11.6 Å². The lowest BCUT2D eigenvalue weighted by atomic mass is 9.68. The van der Waals surface area contributed by atoms with Crippen LogP contribution in [0.1, 0.15) is 37.7 Å². The molecule has 1 aromatic heterocycles. The van der Waals surface area contributed by atoms with E-state index in [1.807, 2.05) is 18.2 Å². The summed E-state index contributed by atoms with van der Waals surface area (Å²) in [5, 5.41) is 3.43. The van der Waals surface area contributed by atoms with Gasteiger partial charge in [-0.3, -0.25) is 14.6 Å². The second kappa shape index (κ2) is 6.54. The highest BCUT2D eigenvalue weighted by atomic mass is 35.5. The standard InChI is InChI=1S/C17H18ClN3O2/c18-13-6-4-5-12(9-13)17(7-2-1-3-8-17)16(23)21-14-10-19-11-15(22)20-14/h4-6,9-11H,1-3,7-8H2,(H2,20,21,22,23). The number of anilines is 1. The highest BCUT2D eigenvalue weighted by molar-refractivity contribution is 6.30. The highest BCUT2D eigenvalue weighted by Crippen LogP contribution is 2.41. The molecule has 0 radical (unpaired) electrons. The maximum absolute atomic E-state index is 13.0. The van der Waals surface area contributed by atoms with Crippen molar-refractivity contribution in [2.75, 3.05) is 5.32 Å². The molecule has 1 aliphatic carbocycles. The maximum Gasteiger partial charge on any atom is 0.267 e. The molecule has 6 heteroatoms. The number of hydrogen-bond donors (Lipinski definition) is 2. The van der Waals surface area contributed by atoms with Gasteiger partial charge >= 0.3 is 0 Å². The first kappa shape index (κ1) is 15.7. The zero-order chi connectivity index (χ0) is 16.3. The molecule has 0 unspecified atom stereocenters. The Morgan fingerprint density at radius 2 is 2.00 bits per heavy atom. The largest absolute Gasteiger partial charge is 0.310 e. The smallest absolute Gasteiger partial charge is 0.267 e. The topological polar surface area (TPSA) is 74.8 Å². The number of nitrogens with zero attached hydrogens (tertiary/aromatic N) is 1. The third-order valence-corrected chi connectivity index (χ3v) is 4.66. The Morgan fingerprint density at radius 1 is 1.22 bits per heavy atom. The van der Waals surface area contributed by atoms with E-state index in [0.29, 0.717) is 10.8 Å². The van der Waals surface area contributed by atoms with Gasteiger partial charge in [-0.05, 0) is 30.5 Å². The summed E-state index contributed by atoms with van der Waals surface area (Å²) in [6, 6.07) is 7.48. The Morgan fingerprint density at radius 3 is 2.70 bits per heavy atom. The summed E-state index contributed by atoms with van der Waals surface area (Å²) < 4.78 is 0. The first-order valence-electron chi connectivity index (χ1n) is 7.72. The molecule has 23 heavy (non-hydrogen) atoms. The zero-order valence-corrected chi connectivity index (χ0v) is 13.4. The average Bonchev–Trinajstić information content (AvgIpc) is 2.55. The van der Waals surface area contributed by atoms with E-state index in [1.54, 1.807) is 6.07 Å². The van der Waals surface area contributed by atoms with E-state index in [0.717, 1.165) is 37.7 Å². The minimum atomic E-state index is -0.615. The van der Waals surface area contributed by atoms with Crippen molar-refractivity contribution in [1.82, 2.24) is 9.97 Å². The van der Waals surface area contributed by atoms with Gasteiger partial charge in [0, 0.05) is 5.02 Å². The van der Waals surface area contributed by atoms with E-state index >= 15 is 0 Å². The second-order valence-corrected chi connectivity index (χ2v) is 6.35. The Balaban J connectivity index is 1.95. The van der Waals surface area contributed by atoms with Gasteiger partial charge in [0.05, 0.1) is 17.8 Å². The molecule has 0 atom stereocenters. The van der Waals surface area contributed by atoms with Crippen LogP contribution in [0, 0.1) is 0 Å². The predicted octanol–water partition coefficient (Wildman–Crippen LogP) is 3.26. The molecule has 0 bridgehead atoms. The van der Waals surface area contributed by atoms with Crippen LogP contribution in [0.15, 0.2) is 41.5 Å². The summed E-state index contributed by atoms with van der Waals surface area (Å²) in [4.78, 5) is 30.8. The lowest BCUT2D eigenvalue weighted by molar-refractivity contribution is -0.122. The Kier molecular flexibility index (Phi) is 4.48. The number of benzene rings is 1. The van der Waals surface area contributed by atoms with Crippen LogP contribution in [-0.4, -0.2) is 15.9 Å². The minimum absolute atomic E-state index is 0.122. The van der Waals surface area contributed by atoms with Gasteiger partial charge in [-0.2, -0.15) is 0 Å². The van der Waals surface area contributed by atoms with Crippen LogP contribution < -0.4 is 10.9 Å². The first-order valence-corrected chi connectivity index (χ1v) is 8.10. The van der Waals surface area contributed by atoms with Crippen LogP contribution in [-0.2, 0) is 10.2 Å². The number of carbonyl (C=O) groups excluding carboxylic acids is 1.